The molecule has 1 aromatic rings. The molecular formula is C20H19F3N2O4. The molecule has 5 rings (SSSR count). The molecule has 4 heterocycles. The number of benzene rings is 1. The minimum atomic E-state index is -4.72. The topological polar surface area (TPSA) is 82.8 Å². The molecule has 0 unspecified atom stereocenters. The van der Waals surface area contributed by atoms with Crippen LogP contribution in [0.1, 0.15) is 37.3 Å². The standard InChI is InChI=1S/C20H19F3N2O4/c1-2-18-8-13(26)19(29-18)5-6-28-17-15(19)14(18)16(27)25(17)11-4-3-10(9-24)12(7-11)20(21,22)23/h3-4,7,13-15,17,26H,2,5-6,8H2,1H3/t13-,14+,15-,17-,18+,19-/m0/s1. The van der Waals surface area contributed by atoms with Gasteiger partial charge in [-0.15, -0.1) is 0 Å². The second-order valence-corrected chi connectivity index (χ2v) is 8.26. The number of aliphatic hydroxyl groups is 1. The lowest BCUT2D eigenvalue weighted by Gasteiger charge is -2.43. The van der Waals surface area contributed by atoms with Gasteiger partial charge in [0.25, 0.3) is 0 Å². The van der Waals surface area contributed by atoms with Crippen molar-refractivity contribution in [3.05, 3.63) is 29.3 Å². The molecule has 6 nitrogen and oxygen atoms in total. The van der Waals surface area contributed by atoms with Crippen LogP contribution in [0, 0.1) is 23.2 Å². The monoisotopic (exact) mass is 408 g/mol. The first-order valence-corrected chi connectivity index (χ1v) is 9.63. The fourth-order valence-electron chi connectivity index (χ4n) is 5.93. The molecule has 0 saturated carbocycles. The van der Waals surface area contributed by atoms with Gasteiger partial charge >= 0.3 is 6.18 Å². The molecule has 154 valence electrons. The van der Waals surface area contributed by atoms with Crippen LogP contribution in [0.3, 0.4) is 0 Å². The van der Waals surface area contributed by atoms with Crippen LogP contribution in [0.4, 0.5) is 18.9 Å². The largest absolute Gasteiger partial charge is 0.417 e. The van der Waals surface area contributed by atoms with Gasteiger partial charge in [0.2, 0.25) is 5.91 Å². The van der Waals surface area contributed by atoms with E-state index in [0.29, 0.717) is 19.3 Å². The zero-order valence-corrected chi connectivity index (χ0v) is 15.6. The van der Waals surface area contributed by atoms with Crippen LogP contribution in [0.15, 0.2) is 18.2 Å². The Morgan fingerprint density at radius 1 is 1.41 bits per heavy atom. The summed E-state index contributed by atoms with van der Waals surface area (Å²) in [6.07, 6.45) is -4.99. The van der Waals surface area contributed by atoms with Gasteiger partial charge in [-0.25, -0.2) is 0 Å². The van der Waals surface area contributed by atoms with Crippen molar-refractivity contribution >= 4 is 11.6 Å². The van der Waals surface area contributed by atoms with Gasteiger partial charge in [-0.1, -0.05) is 6.92 Å². The number of nitrogens with zero attached hydrogens (tertiary/aromatic N) is 2. The van der Waals surface area contributed by atoms with Crippen LogP contribution < -0.4 is 4.90 Å². The molecule has 4 fully saturated rings. The number of carbonyl (C=O) groups excluding carboxylic acids is 1. The van der Waals surface area contributed by atoms with Crippen molar-refractivity contribution in [2.75, 3.05) is 11.5 Å². The van der Waals surface area contributed by atoms with E-state index in [1.807, 2.05) is 6.92 Å². The van der Waals surface area contributed by atoms with Gasteiger partial charge in [-0.2, -0.15) is 18.4 Å². The van der Waals surface area contributed by atoms with Crippen LogP contribution in [0.25, 0.3) is 0 Å². The molecule has 0 aromatic heterocycles. The number of ether oxygens (including phenoxy) is 2. The number of aliphatic hydroxyl groups excluding tert-OH is 1. The summed E-state index contributed by atoms with van der Waals surface area (Å²) >= 11 is 0. The molecule has 1 N–H and O–H groups in total. The Labute approximate surface area is 164 Å². The number of rotatable bonds is 2. The molecule has 1 aromatic carbocycles. The molecule has 4 aliphatic heterocycles. The van der Waals surface area contributed by atoms with E-state index in [1.54, 1.807) is 6.07 Å². The van der Waals surface area contributed by atoms with Crippen LogP contribution in [-0.4, -0.2) is 41.2 Å². The second-order valence-electron chi connectivity index (χ2n) is 8.26. The quantitative estimate of drug-likeness (QED) is 0.814. The van der Waals surface area contributed by atoms with Crippen LogP contribution in [-0.2, 0) is 20.4 Å². The van der Waals surface area contributed by atoms with Gasteiger partial charge in [0.05, 0.1) is 47.3 Å². The molecule has 0 radical (unpaired) electrons. The van der Waals surface area contributed by atoms with E-state index in [9.17, 15) is 23.1 Å². The number of hydrogen-bond acceptors (Lipinski definition) is 5. The summed E-state index contributed by atoms with van der Waals surface area (Å²) in [5.74, 6) is -1.38. The van der Waals surface area contributed by atoms with Crippen LogP contribution in [0.5, 0.6) is 0 Å². The van der Waals surface area contributed by atoms with E-state index in [-0.39, 0.29) is 18.2 Å². The number of hydrogen-bond donors (Lipinski definition) is 1. The third-order valence-corrected chi connectivity index (χ3v) is 7.14. The number of alkyl halides is 3. The van der Waals surface area contributed by atoms with E-state index in [4.69, 9.17) is 14.7 Å². The Balaban J connectivity index is 1.63. The third kappa shape index (κ3) is 2.19. The summed E-state index contributed by atoms with van der Waals surface area (Å²) in [5.41, 5.74) is -3.29. The van der Waals surface area contributed by atoms with Crippen molar-refractivity contribution in [1.82, 2.24) is 0 Å². The van der Waals surface area contributed by atoms with E-state index in [0.717, 1.165) is 12.1 Å². The zero-order valence-electron chi connectivity index (χ0n) is 15.6. The van der Waals surface area contributed by atoms with Gasteiger partial charge in [0.15, 0.2) is 0 Å². The first kappa shape index (κ1) is 18.9. The molecule has 1 amide bonds. The fraction of sp³-hybridized carbons (Fsp3) is 0.600. The second kappa shape index (κ2) is 5.72. The number of fused-ring (bicyclic) bond motifs is 2. The number of amides is 1. The van der Waals surface area contributed by atoms with Crippen molar-refractivity contribution < 1.29 is 32.5 Å². The number of carbonyl (C=O) groups is 1. The normalized spacial score (nSPS) is 40.3. The van der Waals surface area contributed by atoms with Crippen LogP contribution in [0.2, 0.25) is 0 Å². The molecule has 2 bridgehead atoms. The maximum atomic E-state index is 13.4. The van der Waals surface area contributed by atoms with Gasteiger partial charge in [0.1, 0.15) is 11.8 Å². The van der Waals surface area contributed by atoms with Gasteiger partial charge in [-0.05, 0) is 24.6 Å². The summed E-state index contributed by atoms with van der Waals surface area (Å²) in [5, 5.41) is 19.8. The van der Waals surface area contributed by atoms with Gasteiger partial charge < -0.3 is 14.6 Å². The van der Waals surface area contributed by atoms with E-state index < -0.39 is 52.7 Å². The van der Waals surface area contributed by atoms with E-state index >= 15 is 0 Å². The zero-order chi connectivity index (χ0) is 20.8. The molecule has 0 aliphatic carbocycles. The Hall–Kier alpha value is -2.15. The molecule has 6 atom stereocenters. The highest BCUT2D eigenvalue weighted by Gasteiger charge is 2.78. The number of halogens is 3. The molecule has 4 saturated heterocycles. The lowest BCUT2D eigenvalue weighted by Crippen LogP contribution is -2.57. The van der Waals surface area contributed by atoms with Crippen LogP contribution >= 0.6 is 0 Å². The van der Waals surface area contributed by atoms with Gasteiger partial charge in [0, 0.05) is 18.5 Å². The Morgan fingerprint density at radius 2 is 2.17 bits per heavy atom. The highest BCUT2D eigenvalue weighted by Crippen LogP contribution is 2.66. The van der Waals surface area contributed by atoms with E-state index in [1.165, 1.54) is 11.0 Å². The molecule has 1 spiro atoms. The highest BCUT2D eigenvalue weighted by molar-refractivity contribution is 6.00. The first-order valence-electron chi connectivity index (χ1n) is 9.63. The SMILES string of the molecule is CC[C@@]12C[C@H](O)[C@]3(CCO[C@H]4[C@@H]3[C@@H]1C(=O)N4c1ccc(C#N)c(C(F)(F)F)c1)O2. The minimum Gasteiger partial charge on any atom is -0.390 e. The predicted octanol–water partition coefficient (Wildman–Crippen LogP) is 2.58. The minimum absolute atomic E-state index is 0.0397. The van der Waals surface area contributed by atoms with Crippen molar-refractivity contribution in [3.8, 4) is 6.07 Å². The Morgan fingerprint density at radius 3 is 2.83 bits per heavy atom. The average Bonchev–Trinajstić information content (AvgIpc) is 3.26. The Kier molecular flexibility index (Phi) is 3.72. The smallest absolute Gasteiger partial charge is 0.390 e. The molecular weight excluding hydrogens is 389 g/mol. The van der Waals surface area contributed by atoms with E-state index in [2.05, 4.69) is 0 Å². The third-order valence-electron chi connectivity index (χ3n) is 7.14. The van der Waals surface area contributed by atoms with Gasteiger partial charge in [-0.3, -0.25) is 9.69 Å². The first-order chi connectivity index (χ1) is 13.7. The summed E-state index contributed by atoms with van der Waals surface area (Å²) < 4.78 is 52.5. The van der Waals surface area contributed by atoms with Crippen molar-refractivity contribution in [1.29, 1.82) is 5.26 Å². The lowest BCUT2D eigenvalue weighted by atomic mass is 9.63. The summed E-state index contributed by atoms with van der Waals surface area (Å²) in [4.78, 5) is 14.7. The molecule has 4 aliphatic rings. The maximum Gasteiger partial charge on any atom is 0.417 e. The maximum absolute atomic E-state index is 13.4. The van der Waals surface area contributed by atoms with Crippen molar-refractivity contribution in [2.24, 2.45) is 11.8 Å². The fourth-order valence-corrected chi connectivity index (χ4v) is 5.93. The summed E-state index contributed by atoms with van der Waals surface area (Å²) in [6, 6.07) is 4.80. The van der Waals surface area contributed by atoms with Crippen molar-refractivity contribution in [2.45, 2.75) is 55.9 Å². The Bertz CT molecular complexity index is 945. The van der Waals surface area contributed by atoms with Crippen molar-refractivity contribution in [3.63, 3.8) is 0 Å². The highest BCUT2D eigenvalue weighted by atomic mass is 19.4. The lowest BCUT2D eigenvalue weighted by molar-refractivity contribution is -0.165. The summed E-state index contributed by atoms with van der Waals surface area (Å²) in [6.45, 7) is 2.12. The number of anilines is 1. The molecule has 9 heteroatoms. The average molecular weight is 408 g/mol. The summed E-state index contributed by atoms with van der Waals surface area (Å²) in [7, 11) is 0. The molecule has 29 heavy (non-hydrogen) atoms. The predicted molar refractivity (Wildman–Crippen MR) is 92.4 cm³/mol. The number of nitriles is 1.